The van der Waals surface area contributed by atoms with Gasteiger partial charge in [-0.05, 0) is 61.4 Å². The van der Waals surface area contributed by atoms with Crippen LogP contribution in [-0.4, -0.2) is 39.7 Å². The van der Waals surface area contributed by atoms with Gasteiger partial charge in [0.1, 0.15) is 18.4 Å². The highest BCUT2D eigenvalue weighted by Crippen LogP contribution is 2.21. The molecule has 0 atom stereocenters. The fourth-order valence-corrected chi connectivity index (χ4v) is 2.93. The van der Waals surface area contributed by atoms with Gasteiger partial charge in [0.25, 0.3) is 0 Å². The zero-order chi connectivity index (χ0) is 21.3. The number of anilines is 1. The van der Waals surface area contributed by atoms with Gasteiger partial charge in [0.2, 0.25) is 11.8 Å². The lowest BCUT2D eigenvalue weighted by molar-refractivity contribution is -0.124. The van der Waals surface area contributed by atoms with Crippen molar-refractivity contribution in [3.05, 3.63) is 65.7 Å². The normalized spacial score (nSPS) is 10.5. The molecule has 2 amide bonds. The number of amides is 2. The standard InChI is InChI=1S/C21H22ClN5O3/c1-15-11-16(22)4-9-19(15)30-10-2-3-20(28)24-12-21(29)26-17-5-7-18(8-6-17)27-14-23-13-25-27/h4-9,11,13-14H,2-3,10,12H2,1H3,(H,24,28)(H,26,29). The Morgan fingerprint density at radius 3 is 2.63 bits per heavy atom. The molecule has 1 heterocycles. The van der Waals surface area contributed by atoms with Crippen molar-refractivity contribution in [3.63, 3.8) is 0 Å². The molecule has 0 saturated heterocycles. The monoisotopic (exact) mass is 427 g/mol. The fraction of sp³-hybridized carbons (Fsp3) is 0.238. The van der Waals surface area contributed by atoms with Crippen molar-refractivity contribution in [3.8, 4) is 11.4 Å². The summed E-state index contributed by atoms with van der Waals surface area (Å²) in [5.74, 6) is 0.238. The molecular weight excluding hydrogens is 406 g/mol. The van der Waals surface area contributed by atoms with Gasteiger partial charge in [-0.2, -0.15) is 5.10 Å². The van der Waals surface area contributed by atoms with Gasteiger partial charge < -0.3 is 15.4 Å². The van der Waals surface area contributed by atoms with E-state index in [4.69, 9.17) is 16.3 Å². The van der Waals surface area contributed by atoms with Crippen LogP contribution in [-0.2, 0) is 9.59 Å². The van der Waals surface area contributed by atoms with E-state index in [2.05, 4.69) is 20.7 Å². The van der Waals surface area contributed by atoms with Crippen LogP contribution in [0.4, 0.5) is 5.69 Å². The van der Waals surface area contributed by atoms with E-state index < -0.39 is 0 Å². The molecule has 3 rings (SSSR count). The maximum absolute atomic E-state index is 12.0. The molecule has 0 aliphatic heterocycles. The average Bonchev–Trinajstić information content (AvgIpc) is 3.26. The predicted octanol–water partition coefficient (Wildman–Crippen LogP) is 3.14. The highest BCUT2D eigenvalue weighted by molar-refractivity contribution is 6.30. The second-order valence-electron chi connectivity index (χ2n) is 6.57. The van der Waals surface area contributed by atoms with Gasteiger partial charge in [-0.1, -0.05) is 11.6 Å². The number of halogens is 1. The summed E-state index contributed by atoms with van der Waals surface area (Å²) in [5, 5.41) is 10.0. The Labute approximate surface area is 179 Å². The second kappa shape index (κ2) is 10.4. The molecule has 0 aliphatic carbocycles. The zero-order valence-electron chi connectivity index (χ0n) is 16.5. The summed E-state index contributed by atoms with van der Waals surface area (Å²) in [6.07, 6.45) is 3.85. The van der Waals surface area contributed by atoms with Crippen molar-refractivity contribution < 1.29 is 14.3 Å². The van der Waals surface area contributed by atoms with Crippen molar-refractivity contribution in [2.45, 2.75) is 19.8 Å². The smallest absolute Gasteiger partial charge is 0.243 e. The van der Waals surface area contributed by atoms with Crippen LogP contribution in [0.2, 0.25) is 5.02 Å². The Bertz CT molecular complexity index is 990. The molecule has 30 heavy (non-hydrogen) atoms. The summed E-state index contributed by atoms with van der Waals surface area (Å²) < 4.78 is 7.27. The number of nitrogens with zero attached hydrogens (tertiary/aromatic N) is 3. The third-order valence-electron chi connectivity index (χ3n) is 4.22. The quantitative estimate of drug-likeness (QED) is 0.511. The van der Waals surface area contributed by atoms with Gasteiger partial charge in [-0.15, -0.1) is 0 Å². The van der Waals surface area contributed by atoms with E-state index in [-0.39, 0.29) is 24.8 Å². The first-order chi connectivity index (χ1) is 14.5. The Kier molecular flexibility index (Phi) is 7.40. The van der Waals surface area contributed by atoms with Gasteiger partial charge >= 0.3 is 0 Å². The van der Waals surface area contributed by atoms with Crippen LogP contribution in [0.1, 0.15) is 18.4 Å². The van der Waals surface area contributed by atoms with Crippen molar-refractivity contribution in [1.82, 2.24) is 20.1 Å². The molecule has 0 unspecified atom stereocenters. The van der Waals surface area contributed by atoms with Gasteiger partial charge in [0, 0.05) is 17.1 Å². The lowest BCUT2D eigenvalue weighted by Crippen LogP contribution is -2.32. The van der Waals surface area contributed by atoms with E-state index >= 15 is 0 Å². The van der Waals surface area contributed by atoms with Crippen LogP contribution < -0.4 is 15.4 Å². The van der Waals surface area contributed by atoms with Crippen LogP contribution >= 0.6 is 11.6 Å². The number of hydrogen-bond donors (Lipinski definition) is 2. The molecule has 8 nitrogen and oxygen atoms in total. The first kappa shape index (κ1) is 21.3. The number of aryl methyl sites for hydroxylation is 1. The second-order valence-corrected chi connectivity index (χ2v) is 7.01. The van der Waals surface area contributed by atoms with Crippen molar-refractivity contribution >= 4 is 29.1 Å². The number of ether oxygens (including phenoxy) is 1. The Balaban J connectivity index is 1.33. The first-order valence-corrected chi connectivity index (χ1v) is 9.79. The fourth-order valence-electron chi connectivity index (χ4n) is 2.70. The van der Waals surface area contributed by atoms with E-state index in [9.17, 15) is 9.59 Å². The third kappa shape index (κ3) is 6.31. The molecule has 1 aromatic heterocycles. The lowest BCUT2D eigenvalue weighted by atomic mass is 10.2. The maximum atomic E-state index is 12.0. The molecule has 0 fully saturated rings. The van der Waals surface area contributed by atoms with Crippen LogP contribution in [0.5, 0.6) is 5.75 Å². The van der Waals surface area contributed by atoms with Crippen LogP contribution in [0.3, 0.4) is 0 Å². The van der Waals surface area contributed by atoms with Crippen molar-refractivity contribution in [2.75, 3.05) is 18.5 Å². The van der Waals surface area contributed by atoms with Crippen LogP contribution in [0, 0.1) is 6.92 Å². The lowest BCUT2D eigenvalue weighted by Gasteiger charge is -2.10. The summed E-state index contributed by atoms with van der Waals surface area (Å²) in [6, 6.07) is 12.5. The molecule has 0 radical (unpaired) electrons. The average molecular weight is 428 g/mol. The highest BCUT2D eigenvalue weighted by Gasteiger charge is 2.07. The number of rotatable bonds is 9. The summed E-state index contributed by atoms with van der Waals surface area (Å²) in [7, 11) is 0. The minimum Gasteiger partial charge on any atom is -0.493 e. The number of hydrogen-bond acceptors (Lipinski definition) is 5. The predicted molar refractivity (Wildman–Crippen MR) is 114 cm³/mol. The van der Waals surface area contributed by atoms with Gasteiger partial charge in [0.15, 0.2) is 0 Å². The molecule has 3 aromatic rings. The van der Waals surface area contributed by atoms with Gasteiger partial charge in [-0.25, -0.2) is 9.67 Å². The zero-order valence-corrected chi connectivity index (χ0v) is 17.2. The highest BCUT2D eigenvalue weighted by atomic mass is 35.5. The topological polar surface area (TPSA) is 98.1 Å². The number of carbonyl (C=O) groups excluding carboxylic acids is 2. The molecule has 0 spiro atoms. The van der Waals surface area contributed by atoms with E-state index in [0.29, 0.717) is 23.7 Å². The minimum absolute atomic E-state index is 0.0964. The number of benzene rings is 2. The molecule has 0 aliphatic rings. The molecule has 2 aromatic carbocycles. The molecule has 2 N–H and O–H groups in total. The van der Waals surface area contributed by atoms with E-state index in [1.807, 2.05) is 25.1 Å². The SMILES string of the molecule is Cc1cc(Cl)ccc1OCCCC(=O)NCC(=O)Nc1ccc(-n2cncn2)cc1. The van der Waals surface area contributed by atoms with Crippen LogP contribution in [0.25, 0.3) is 5.69 Å². The van der Waals surface area contributed by atoms with Crippen LogP contribution in [0.15, 0.2) is 55.1 Å². The first-order valence-electron chi connectivity index (χ1n) is 9.42. The summed E-state index contributed by atoms with van der Waals surface area (Å²) >= 11 is 5.91. The Morgan fingerprint density at radius 1 is 1.13 bits per heavy atom. The molecule has 156 valence electrons. The Morgan fingerprint density at radius 2 is 1.93 bits per heavy atom. The number of carbonyl (C=O) groups is 2. The van der Waals surface area contributed by atoms with Gasteiger partial charge in [0.05, 0.1) is 18.8 Å². The third-order valence-corrected chi connectivity index (χ3v) is 4.46. The summed E-state index contributed by atoms with van der Waals surface area (Å²) in [5.41, 5.74) is 2.40. The molecule has 9 heteroatoms. The minimum atomic E-state index is -0.301. The number of aromatic nitrogens is 3. The number of nitrogens with one attached hydrogen (secondary N) is 2. The maximum Gasteiger partial charge on any atom is 0.243 e. The Hall–Kier alpha value is -3.39. The summed E-state index contributed by atoms with van der Waals surface area (Å²) in [4.78, 5) is 27.8. The molecular formula is C21H22ClN5O3. The molecule has 0 saturated carbocycles. The van der Waals surface area contributed by atoms with Crippen molar-refractivity contribution in [1.29, 1.82) is 0 Å². The van der Waals surface area contributed by atoms with Crippen molar-refractivity contribution in [2.24, 2.45) is 0 Å². The largest absolute Gasteiger partial charge is 0.493 e. The van der Waals surface area contributed by atoms with E-state index in [1.165, 1.54) is 6.33 Å². The molecule has 0 bridgehead atoms. The summed E-state index contributed by atoms with van der Waals surface area (Å²) in [6.45, 7) is 2.22. The van der Waals surface area contributed by atoms with Gasteiger partial charge in [-0.3, -0.25) is 9.59 Å². The van der Waals surface area contributed by atoms with E-state index in [1.54, 1.807) is 35.3 Å². The van der Waals surface area contributed by atoms with E-state index in [0.717, 1.165) is 17.0 Å².